The Labute approximate surface area is 157 Å². The Hall–Kier alpha value is -2.58. The maximum atomic E-state index is 13.2. The number of fused-ring (bicyclic) bond motifs is 1. The molecule has 0 saturated heterocycles. The molecule has 0 aliphatic heterocycles. The van der Waals surface area contributed by atoms with Gasteiger partial charge < -0.3 is 0 Å². The highest BCUT2D eigenvalue weighted by molar-refractivity contribution is 7.99. The number of hydrogen-bond donors (Lipinski definition) is 0. The summed E-state index contributed by atoms with van der Waals surface area (Å²) in [5.41, 5.74) is 2.72. The van der Waals surface area contributed by atoms with E-state index in [2.05, 4.69) is 19.1 Å². The van der Waals surface area contributed by atoms with Crippen LogP contribution in [0.5, 0.6) is 0 Å². The topological polar surface area (TPSA) is 58.7 Å². The normalized spacial score (nSPS) is 10.8. The van der Waals surface area contributed by atoms with Crippen LogP contribution in [0.25, 0.3) is 16.6 Å². The molecule has 0 fully saturated rings. The first kappa shape index (κ1) is 18.2. The molecule has 0 unspecified atom stereocenters. The van der Waals surface area contributed by atoms with E-state index in [1.165, 1.54) is 0 Å². The molecule has 26 heavy (non-hydrogen) atoms. The van der Waals surface area contributed by atoms with Gasteiger partial charge in [-0.15, -0.1) is 0 Å². The molecule has 0 bridgehead atoms. The molecule has 0 N–H and O–H groups in total. The molecule has 3 aromatic rings. The first-order valence-electron chi connectivity index (χ1n) is 8.86. The van der Waals surface area contributed by atoms with E-state index in [1.54, 1.807) is 16.3 Å². The van der Waals surface area contributed by atoms with Crippen molar-refractivity contribution in [1.82, 2.24) is 9.55 Å². The Balaban J connectivity index is 2.09. The van der Waals surface area contributed by atoms with Crippen molar-refractivity contribution in [2.45, 2.75) is 37.8 Å². The molecular formula is C21H21N3OS. The van der Waals surface area contributed by atoms with E-state index >= 15 is 0 Å². The zero-order valence-electron chi connectivity index (χ0n) is 14.8. The molecule has 4 nitrogen and oxygen atoms in total. The second-order valence-electron chi connectivity index (χ2n) is 6.00. The molecule has 132 valence electrons. The lowest BCUT2D eigenvalue weighted by molar-refractivity contribution is 0.797. The molecule has 0 spiro atoms. The highest BCUT2D eigenvalue weighted by atomic mass is 32.2. The van der Waals surface area contributed by atoms with Gasteiger partial charge in [-0.25, -0.2) is 4.98 Å². The zero-order chi connectivity index (χ0) is 18.4. The Bertz CT molecular complexity index is 1000. The molecule has 0 amide bonds. The molecule has 5 heteroatoms. The number of aromatic nitrogens is 2. The Morgan fingerprint density at radius 2 is 1.88 bits per heavy atom. The van der Waals surface area contributed by atoms with Crippen molar-refractivity contribution in [2.24, 2.45) is 0 Å². The number of aryl methyl sites for hydroxylation is 1. The molecule has 0 atom stereocenters. The first-order valence-corrected chi connectivity index (χ1v) is 9.84. The molecular weight excluding hydrogens is 342 g/mol. The molecule has 0 aliphatic carbocycles. The van der Waals surface area contributed by atoms with Crippen LogP contribution in [-0.4, -0.2) is 15.3 Å². The van der Waals surface area contributed by atoms with E-state index in [4.69, 9.17) is 10.2 Å². The number of unbranched alkanes of at least 4 members (excludes halogenated alkanes) is 2. The Morgan fingerprint density at radius 1 is 1.12 bits per heavy atom. The summed E-state index contributed by atoms with van der Waals surface area (Å²) in [6, 6.07) is 17.6. The van der Waals surface area contributed by atoms with Crippen LogP contribution in [0.4, 0.5) is 0 Å². The van der Waals surface area contributed by atoms with Gasteiger partial charge >= 0.3 is 0 Å². The molecule has 0 aliphatic rings. The van der Waals surface area contributed by atoms with Gasteiger partial charge in [-0.3, -0.25) is 9.36 Å². The van der Waals surface area contributed by atoms with Gasteiger partial charge in [0.2, 0.25) is 0 Å². The number of thioether (sulfide) groups is 1. The van der Waals surface area contributed by atoms with Crippen LogP contribution in [0.1, 0.15) is 31.7 Å². The van der Waals surface area contributed by atoms with E-state index < -0.39 is 0 Å². The summed E-state index contributed by atoms with van der Waals surface area (Å²) in [5.74, 6) is 0.834. The highest BCUT2D eigenvalue weighted by Gasteiger charge is 2.15. The van der Waals surface area contributed by atoms with Crippen LogP contribution in [0.15, 0.2) is 58.5 Å². The quantitative estimate of drug-likeness (QED) is 0.346. The second kappa shape index (κ2) is 8.68. The molecule has 1 aromatic heterocycles. The lowest BCUT2D eigenvalue weighted by Gasteiger charge is -2.15. The zero-order valence-corrected chi connectivity index (χ0v) is 15.6. The summed E-state index contributed by atoms with van der Waals surface area (Å²) < 4.78 is 1.75. The van der Waals surface area contributed by atoms with Gasteiger partial charge in [-0.1, -0.05) is 49.0 Å². The van der Waals surface area contributed by atoms with Gasteiger partial charge in [-0.05, 0) is 43.0 Å². The number of benzene rings is 2. The third-order valence-electron chi connectivity index (χ3n) is 4.27. The smallest absolute Gasteiger partial charge is 0.266 e. The molecule has 3 rings (SSSR count). The van der Waals surface area contributed by atoms with E-state index in [0.717, 1.165) is 41.8 Å². The SMILES string of the molecule is CCc1ccccc1-n1c(SCCCCC#N)nc2ccccc2c1=O. The summed E-state index contributed by atoms with van der Waals surface area (Å²) in [7, 11) is 0. The molecule has 0 radical (unpaired) electrons. The maximum Gasteiger partial charge on any atom is 0.266 e. The minimum Gasteiger partial charge on any atom is -0.268 e. The lowest BCUT2D eigenvalue weighted by Crippen LogP contribution is -2.22. The van der Waals surface area contributed by atoms with E-state index in [0.29, 0.717) is 17.0 Å². The van der Waals surface area contributed by atoms with Gasteiger partial charge in [0, 0.05) is 12.2 Å². The van der Waals surface area contributed by atoms with Crippen LogP contribution < -0.4 is 5.56 Å². The fraction of sp³-hybridized carbons (Fsp3) is 0.286. The van der Waals surface area contributed by atoms with E-state index in [1.807, 2.05) is 42.5 Å². The lowest BCUT2D eigenvalue weighted by atomic mass is 10.1. The van der Waals surface area contributed by atoms with Crippen molar-refractivity contribution in [3.63, 3.8) is 0 Å². The van der Waals surface area contributed by atoms with E-state index in [9.17, 15) is 4.79 Å². The summed E-state index contributed by atoms with van der Waals surface area (Å²) in [4.78, 5) is 18.0. The number of nitriles is 1. The van der Waals surface area contributed by atoms with Gasteiger partial charge in [0.25, 0.3) is 5.56 Å². The van der Waals surface area contributed by atoms with Gasteiger partial charge in [0.05, 0.1) is 22.7 Å². The summed E-state index contributed by atoms with van der Waals surface area (Å²) in [5, 5.41) is 10.0. The summed E-state index contributed by atoms with van der Waals surface area (Å²) in [6.07, 6.45) is 3.21. The second-order valence-corrected chi connectivity index (χ2v) is 7.06. The third kappa shape index (κ3) is 3.81. The molecule has 0 saturated carbocycles. The Kier molecular flexibility index (Phi) is 6.08. The average molecular weight is 363 g/mol. The predicted molar refractivity (Wildman–Crippen MR) is 107 cm³/mol. The first-order chi connectivity index (χ1) is 12.8. The number of rotatable bonds is 7. The van der Waals surface area contributed by atoms with Crippen molar-refractivity contribution in [1.29, 1.82) is 5.26 Å². The van der Waals surface area contributed by atoms with Gasteiger partial charge in [0.15, 0.2) is 5.16 Å². The fourth-order valence-electron chi connectivity index (χ4n) is 2.92. The van der Waals surface area contributed by atoms with Crippen molar-refractivity contribution in [3.8, 4) is 11.8 Å². The van der Waals surface area contributed by atoms with Crippen LogP contribution in [0.3, 0.4) is 0 Å². The van der Waals surface area contributed by atoms with Crippen LogP contribution in [0.2, 0.25) is 0 Å². The van der Waals surface area contributed by atoms with Crippen molar-refractivity contribution in [2.75, 3.05) is 5.75 Å². The summed E-state index contributed by atoms with van der Waals surface area (Å²) in [6.45, 7) is 2.09. The molecule has 2 aromatic carbocycles. The number of hydrogen-bond acceptors (Lipinski definition) is 4. The Morgan fingerprint density at radius 3 is 2.69 bits per heavy atom. The highest BCUT2D eigenvalue weighted by Crippen LogP contribution is 2.24. The van der Waals surface area contributed by atoms with Crippen LogP contribution in [-0.2, 0) is 6.42 Å². The van der Waals surface area contributed by atoms with Gasteiger partial charge in [-0.2, -0.15) is 5.26 Å². The third-order valence-corrected chi connectivity index (χ3v) is 5.30. The van der Waals surface area contributed by atoms with Crippen molar-refractivity contribution in [3.05, 3.63) is 64.4 Å². The number of nitrogens with zero attached hydrogens (tertiary/aromatic N) is 3. The standard InChI is InChI=1S/C21H21N3OS/c1-2-16-10-4-7-13-19(16)24-20(25)17-11-5-6-12-18(17)23-21(24)26-15-9-3-8-14-22/h4-7,10-13H,2-3,8-9,15H2,1H3. The number of para-hydroxylation sites is 2. The maximum absolute atomic E-state index is 13.2. The monoisotopic (exact) mass is 363 g/mol. The minimum absolute atomic E-state index is 0.0315. The van der Waals surface area contributed by atoms with Crippen molar-refractivity contribution >= 4 is 22.7 Å². The predicted octanol–water partition coefficient (Wildman–Crippen LogP) is 4.73. The minimum atomic E-state index is -0.0315. The summed E-state index contributed by atoms with van der Waals surface area (Å²) >= 11 is 1.58. The van der Waals surface area contributed by atoms with Gasteiger partial charge in [0.1, 0.15) is 0 Å². The van der Waals surface area contributed by atoms with Crippen LogP contribution in [0, 0.1) is 11.3 Å². The largest absolute Gasteiger partial charge is 0.268 e. The van der Waals surface area contributed by atoms with E-state index in [-0.39, 0.29) is 5.56 Å². The average Bonchev–Trinajstić information content (AvgIpc) is 2.68. The molecule has 1 heterocycles. The fourth-order valence-corrected chi connectivity index (χ4v) is 3.92. The van der Waals surface area contributed by atoms with Crippen LogP contribution >= 0.6 is 11.8 Å². The van der Waals surface area contributed by atoms with Crippen molar-refractivity contribution < 1.29 is 0 Å².